The number of fused-ring (bicyclic) bond motifs is 1. The summed E-state index contributed by atoms with van der Waals surface area (Å²) >= 11 is 0. The third kappa shape index (κ3) is 4.40. The van der Waals surface area contributed by atoms with E-state index in [9.17, 15) is 14.4 Å². The van der Waals surface area contributed by atoms with E-state index in [0.29, 0.717) is 30.1 Å². The molecule has 1 aliphatic heterocycles. The second-order valence-corrected chi connectivity index (χ2v) is 8.60. The molecule has 1 aliphatic carbocycles. The molecule has 0 bridgehead atoms. The molecule has 2 amide bonds. The van der Waals surface area contributed by atoms with Crippen LogP contribution in [0.1, 0.15) is 50.6 Å². The highest BCUT2D eigenvalue weighted by molar-refractivity contribution is 5.88. The highest BCUT2D eigenvalue weighted by atomic mass is 16.2. The molecule has 1 aromatic carbocycles. The summed E-state index contributed by atoms with van der Waals surface area (Å²) in [7, 11) is 1.61. The van der Waals surface area contributed by atoms with E-state index in [0.717, 1.165) is 43.9 Å². The fourth-order valence-corrected chi connectivity index (χ4v) is 4.79. The lowest BCUT2D eigenvalue weighted by molar-refractivity contribution is -0.137. The van der Waals surface area contributed by atoms with Crippen molar-refractivity contribution in [3.63, 3.8) is 0 Å². The molecule has 2 heterocycles. The van der Waals surface area contributed by atoms with Crippen molar-refractivity contribution in [2.75, 3.05) is 13.1 Å². The summed E-state index contributed by atoms with van der Waals surface area (Å²) in [5.74, 6) is 0.415. The average Bonchev–Trinajstić information content (AvgIpc) is 2.78. The number of nitrogens with one attached hydrogen (secondary N) is 1. The van der Waals surface area contributed by atoms with Crippen molar-refractivity contribution in [1.82, 2.24) is 20.0 Å². The van der Waals surface area contributed by atoms with E-state index in [1.165, 1.54) is 11.1 Å². The second-order valence-electron chi connectivity index (χ2n) is 8.60. The van der Waals surface area contributed by atoms with E-state index in [2.05, 4.69) is 10.4 Å². The molecule has 7 heteroatoms. The van der Waals surface area contributed by atoms with Crippen molar-refractivity contribution >= 4 is 22.6 Å². The number of hydrogen-bond donors (Lipinski definition) is 1. The van der Waals surface area contributed by atoms with Gasteiger partial charge in [-0.3, -0.25) is 14.4 Å². The summed E-state index contributed by atoms with van der Waals surface area (Å²) in [6, 6.07) is 7.34. The molecule has 7 nitrogen and oxygen atoms in total. The fourth-order valence-electron chi connectivity index (χ4n) is 4.79. The molecule has 2 aliphatic rings. The minimum Gasteiger partial charge on any atom is -0.353 e. The van der Waals surface area contributed by atoms with Crippen molar-refractivity contribution < 1.29 is 9.59 Å². The number of benzene rings is 1. The molecule has 30 heavy (non-hydrogen) atoms. The van der Waals surface area contributed by atoms with Crippen LogP contribution in [0.4, 0.5) is 0 Å². The van der Waals surface area contributed by atoms with Crippen LogP contribution in [-0.4, -0.2) is 45.6 Å². The third-order valence-corrected chi connectivity index (χ3v) is 6.49. The first kappa shape index (κ1) is 20.6. The Morgan fingerprint density at radius 1 is 1.03 bits per heavy atom. The molecular formula is C23H30N4O3. The number of rotatable bonds is 4. The van der Waals surface area contributed by atoms with E-state index in [-0.39, 0.29) is 29.8 Å². The van der Waals surface area contributed by atoms with Crippen LogP contribution in [-0.2, 0) is 23.1 Å². The van der Waals surface area contributed by atoms with Crippen LogP contribution < -0.4 is 10.9 Å². The monoisotopic (exact) mass is 410 g/mol. The summed E-state index contributed by atoms with van der Waals surface area (Å²) in [6.45, 7) is 1.42. The van der Waals surface area contributed by atoms with Gasteiger partial charge in [0.1, 0.15) is 0 Å². The van der Waals surface area contributed by atoms with Gasteiger partial charge in [0.2, 0.25) is 11.8 Å². The number of amides is 2. The van der Waals surface area contributed by atoms with Gasteiger partial charge in [-0.2, -0.15) is 5.10 Å². The average molecular weight is 411 g/mol. The Morgan fingerprint density at radius 3 is 2.40 bits per heavy atom. The lowest BCUT2D eigenvalue weighted by Crippen LogP contribution is -2.48. The van der Waals surface area contributed by atoms with Crippen LogP contribution in [0, 0.1) is 5.92 Å². The Bertz CT molecular complexity index is 986. The van der Waals surface area contributed by atoms with Gasteiger partial charge < -0.3 is 10.2 Å². The van der Waals surface area contributed by atoms with Crippen LogP contribution in [0.5, 0.6) is 0 Å². The van der Waals surface area contributed by atoms with E-state index >= 15 is 0 Å². The minimum absolute atomic E-state index is 0.0756. The summed E-state index contributed by atoms with van der Waals surface area (Å²) in [5.41, 5.74) is 0.444. The first-order valence-electron chi connectivity index (χ1n) is 11.1. The van der Waals surface area contributed by atoms with Gasteiger partial charge in [0.25, 0.3) is 5.56 Å². The van der Waals surface area contributed by atoms with Crippen molar-refractivity contribution in [2.24, 2.45) is 13.0 Å². The van der Waals surface area contributed by atoms with Crippen LogP contribution in [0.2, 0.25) is 0 Å². The summed E-state index contributed by atoms with van der Waals surface area (Å²) in [5, 5.41) is 8.71. The van der Waals surface area contributed by atoms with Crippen LogP contribution in [0.3, 0.4) is 0 Å². The predicted octanol–water partition coefficient (Wildman–Crippen LogP) is 2.16. The zero-order valence-electron chi connectivity index (χ0n) is 17.6. The molecule has 1 saturated heterocycles. The molecule has 0 atom stereocenters. The zero-order valence-corrected chi connectivity index (χ0v) is 17.6. The molecule has 1 saturated carbocycles. The first-order valence-corrected chi connectivity index (χ1v) is 11.1. The smallest absolute Gasteiger partial charge is 0.274 e. The van der Waals surface area contributed by atoms with Crippen LogP contribution in [0.25, 0.3) is 10.8 Å². The Balaban J connectivity index is 1.34. The number of nitrogens with zero attached hydrogens (tertiary/aromatic N) is 3. The Kier molecular flexibility index (Phi) is 6.16. The molecule has 2 aromatic rings. The number of aromatic nitrogens is 2. The normalized spacial score (nSPS) is 18.5. The van der Waals surface area contributed by atoms with Gasteiger partial charge in [-0.1, -0.05) is 37.5 Å². The van der Waals surface area contributed by atoms with Crippen molar-refractivity contribution in [2.45, 2.75) is 57.4 Å². The second kappa shape index (κ2) is 8.98. The van der Waals surface area contributed by atoms with Crippen molar-refractivity contribution in [3.8, 4) is 0 Å². The van der Waals surface area contributed by atoms with Gasteiger partial charge in [-0.05, 0) is 31.7 Å². The lowest BCUT2D eigenvalue weighted by atomic mass is 9.87. The van der Waals surface area contributed by atoms with E-state index < -0.39 is 0 Å². The minimum atomic E-state index is -0.162. The molecule has 2 fully saturated rings. The highest BCUT2D eigenvalue weighted by Gasteiger charge is 2.29. The maximum atomic E-state index is 12.7. The van der Waals surface area contributed by atoms with E-state index in [1.807, 2.05) is 23.1 Å². The molecule has 160 valence electrons. The third-order valence-electron chi connectivity index (χ3n) is 6.49. The standard InChI is InChI=1S/C23H30N4O3/c1-26-23(30)19-10-6-5-9-18(19)20(25-26)15-21(28)24-17-11-13-27(14-12-17)22(29)16-7-3-2-4-8-16/h5-6,9-10,16-17H,2-4,7-8,11-15H2,1H3,(H,24,28). The van der Waals surface area contributed by atoms with Gasteiger partial charge in [-0.15, -0.1) is 0 Å². The summed E-state index contributed by atoms with van der Waals surface area (Å²) in [6.07, 6.45) is 7.32. The van der Waals surface area contributed by atoms with Gasteiger partial charge in [0.15, 0.2) is 0 Å². The number of piperidine rings is 1. The quantitative estimate of drug-likeness (QED) is 0.837. The molecule has 0 spiro atoms. The molecule has 0 radical (unpaired) electrons. The maximum absolute atomic E-state index is 12.7. The number of carbonyl (C=O) groups excluding carboxylic acids is 2. The van der Waals surface area contributed by atoms with E-state index in [1.54, 1.807) is 13.1 Å². The van der Waals surface area contributed by atoms with Gasteiger partial charge in [-0.25, -0.2) is 4.68 Å². The molecule has 1 aromatic heterocycles. The molecular weight excluding hydrogens is 380 g/mol. The van der Waals surface area contributed by atoms with Gasteiger partial charge in [0, 0.05) is 37.5 Å². The van der Waals surface area contributed by atoms with Crippen LogP contribution in [0.15, 0.2) is 29.1 Å². The van der Waals surface area contributed by atoms with Crippen molar-refractivity contribution in [3.05, 3.63) is 40.3 Å². The van der Waals surface area contributed by atoms with Gasteiger partial charge >= 0.3 is 0 Å². The molecule has 4 rings (SSSR count). The maximum Gasteiger partial charge on any atom is 0.274 e. The van der Waals surface area contributed by atoms with Crippen molar-refractivity contribution in [1.29, 1.82) is 0 Å². The van der Waals surface area contributed by atoms with Gasteiger partial charge in [0.05, 0.1) is 17.5 Å². The predicted molar refractivity (Wildman–Crippen MR) is 115 cm³/mol. The molecule has 1 N–H and O–H groups in total. The number of carbonyl (C=O) groups is 2. The number of hydrogen-bond acceptors (Lipinski definition) is 4. The Hall–Kier alpha value is -2.70. The number of aryl methyl sites for hydroxylation is 1. The van der Waals surface area contributed by atoms with Crippen LogP contribution >= 0.6 is 0 Å². The lowest BCUT2D eigenvalue weighted by Gasteiger charge is -2.35. The summed E-state index contributed by atoms with van der Waals surface area (Å²) in [4.78, 5) is 39.6. The van der Waals surface area contributed by atoms with E-state index in [4.69, 9.17) is 0 Å². The largest absolute Gasteiger partial charge is 0.353 e. The first-order chi connectivity index (χ1) is 14.5. The Labute approximate surface area is 176 Å². The summed E-state index contributed by atoms with van der Waals surface area (Å²) < 4.78 is 1.29. The Morgan fingerprint density at radius 2 is 1.70 bits per heavy atom. The SMILES string of the molecule is Cn1nc(CC(=O)NC2CCN(C(=O)C3CCCCC3)CC2)c2ccccc2c1=O. The zero-order chi connectivity index (χ0) is 21.1. The molecule has 0 unspecified atom stereocenters. The highest BCUT2D eigenvalue weighted by Crippen LogP contribution is 2.26. The number of likely N-dealkylation sites (tertiary alicyclic amines) is 1. The topological polar surface area (TPSA) is 84.3 Å². The fraction of sp³-hybridized carbons (Fsp3) is 0.565.